The van der Waals surface area contributed by atoms with Gasteiger partial charge < -0.3 is 9.64 Å². The lowest BCUT2D eigenvalue weighted by Gasteiger charge is -2.27. The van der Waals surface area contributed by atoms with Gasteiger partial charge in [0, 0.05) is 42.9 Å². The van der Waals surface area contributed by atoms with Crippen molar-refractivity contribution in [1.82, 2.24) is 19.4 Å². The molecule has 0 aromatic carbocycles. The molecule has 3 aromatic heterocycles. The average molecular weight is 353 g/mol. The van der Waals surface area contributed by atoms with Gasteiger partial charge in [-0.15, -0.1) is 0 Å². The molecule has 26 heavy (non-hydrogen) atoms. The highest BCUT2D eigenvalue weighted by Crippen LogP contribution is 2.28. The molecular weight excluding hydrogens is 326 g/mol. The fraction of sp³-hybridized carbons (Fsp3) is 0.450. The quantitative estimate of drug-likeness (QED) is 0.721. The van der Waals surface area contributed by atoms with Crippen molar-refractivity contribution in [2.24, 2.45) is 0 Å². The van der Waals surface area contributed by atoms with Crippen LogP contribution in [0.2, 0.25) is 0 Å². The zero-order valence-electron chi connectivity index (χ0n) is 16.1. The molecule has 0 spiro atoms. The molecule has 0 aliphatic carbocycles. The fourth-order valence-electron chi connectivity index (χ4n) is 3.20. The molecule has 6 heteroatoms. The largest absolute Gasteiger partial charge is 0.378 e. The van der Waals surface area contributed by atoms with Gasteiger partial charge in [-0.3, -0.25) is 9.38 Å². The highest BCUT2D eigenvalue weighted by Gasteiger charge is 2.20. The monoisotopic (exact) mass is 353 g/mol. The normalized spacial score (nSPS) is 14.2. The summed E-state index contributed by atoms with van der Waals surface area (Å²) in [6.07, 6.45) is 6.69. The van der Waals surface area contributed by atoms with E-state index in [4.69, 9.17) is 9.72 Å². The third kappa shape index (κ3) is 3.42. The Balaban J connectivity index is 0.000000948. The maximum absolute atomic E-state index is 5.45. The fourth-order valence-corrected chi connectivity index (χ4v) is 3.20. The van der Waals surface area contributed by atoms with Gasteiger partial charge in [0.2, 0.25) is 0 Å². The summed E-state index contributed by atoms with van der Waals surface area (Å²) in [4.78, 5) is 16.1. The maximum Gasteiger partial charge on any atom is 0.181 e. The molecule has 3 aromatic rings. The lowest BCUT2D eigenvalue weighted by atomic mass is 10.1. The zero-order valence-corrected chi connectivity index (χ0v) is 16.1. The predicted octanol–water partition coefficient (Wildman–Crippen LogP) is 3.52. The molecule has 0 unspecified atom stereocenters. The smallest absolute Gasteiger partial charge is 0.181 e. The number of hydrogen-bond donors (Lipinski definition) is 0. The van der Waals surface area contributed by atoms with Crippen molar-refractivity contribution in [3.05, 3.63) is 42.1 Å². The summed E-state index contributed by atoms with van der Waals surface area (Å²) in [5.74, 6) is 0.924. The highest BCUT2D eigenvalue weighted by atomic mass is 16.5. The van der Waals surface area contributed by atoms with Gasteiger partial charge in [-0.1, -0.05) is 20.8 Å². The minimum absolute atomic E-state index is 0.734. The first kappa shape index (κ1) is 18.3. The number of fused-ring (bicyclic) bond motifs is 1. The van der Waals surface area contributed by atoms with Gasteiger partial charge in [-0.2, -0.15) is 0 Å². The van der Waals surface area contributed by atoms with Crippen LogP contribution in [0.15, 0.2) is 30.7 Å². The highest BCUT2D eigenvalue weighted by molar-refractivity contribution is 5.73. The van der Waals surface area contributed by atoms with Crippen molar-refractivity contribution >= 4 is 11.5 Å². The predicted molar refractivity (Wildman–Crippen MR) is 105 cm³/mol. The standard InChI is InChI=1S/C18H21N5O.C2H6/c1-3-15-5-4-14(12-20-15)16-13(2)21-18-17(19-6-7-23(16)18)22-8-10-24-11-9-22;1-2/h4-7,12H,3,8-11H2,1-2H3;1-2H3. The number of imidazole rings is 1. The van der Waals surface area contributed by atoms with Crippen LogP contribution in [0.3, 0.4) is 0 Å². The van der Waals surface area contributed by atoms with E-state index < -0.39 is 0 Å². The Hall–Kier alpha value is -2.47. The number of pyridine rings is 1. The molecule has 0 bridgehead atoms. The number of morpholine rings is 1. The third-order valence-electron chi connectivity index (χ3n) is 4.47. The van der Waals surface area contributed by atoms with E-state index in [2.05, 4.69) is 38.3 Å². The van der Waals surface area contributed by atoms with Gasteiger partial charge in [0.05, 0.1) is 24.6 Å². The zero-order chi connectivity index (χ0) is 18.5. The lowest BCUT2D eigenvalue weighted by molar-refractivity contribution is 0.122. The Morgan fingerprint density at radius 3 is 2.54 bits per heavy atom. The molecule has 1 saturated heterocycles. The number of aromatic nitrogens is 4. The first-order chi connectivity index (χ1) is 12.8. The summed E-state index contributed by atoms with van der Waals surface area (Å²) in [6.45, 7) is 11.3. The summed E-state index contributed by atoms with van der Waals surface area (Å²) < 4.78 is 7.57. The molecule has 0 saturated carbocycles. The van der Waals surface area contributed by atoms with Crippen LogP contribution in [0.1, 0.15) is 32.2 Å². The Morgan fingerprint density at radius 2 is 1.88 bits per heavy atom. The lowest BCUT2D eigenvalue weighted by Crippen LogP contribution is -2.37. The van der Waals surface area contributed by atoms with Crippen LogP contribution < -0.4 is 4.90 Å². The van der Waals surface area contributed by atoms with Gasteiger partial charge in [0.25, 0.3) is 0 Å². The van der Waals surface area contributed by atoms with Crippen molar-refractivity contribution in [1.29, 1.82) is 0 Å². The van der Waals surface area contributed by atoms with Crippen LogP contribution in [0.25, 0.3) is 16.9 Å². The Labute approximate surface area is 154 Å². The minimum atomic E-state index is 0.734. The molecule has 1 aliphatic heterocycles. The van der Waals surface area contributed by atoms with Crippen molar-refractivity contribution in [3.8, 4) is 11.3 Å². The van der Waals surface area contributed by atoms with Crippen LogP contribution in [0.4, 0.5) is 5.82 Å². The Kier molecular flexibility index (Phi) is 5.83. The third-order valence-corrected chi connectivity index (χ3v) is 4.47. The van der Waals surface area contributed by atoms with Gasteiger partial charge in [-0.05, 0) is 25.5 Å². The number of aryl methyl sites for hydroxylation is 2. The van der Waals surface area contributed by atoms with E-state index in [0.717, 1.165) is 66.8 Å². The topological polar surface area (TPSA) is 55.5 Å². The van der Waals surface area contributed by atoms with Crippen LogP contribution in [0.5, 0.6) is 0 Å². The first-order valence-electron chi connectivity index (χ1n) is 9.39. The second-order valence-electron chi connectivity index (χ2n) is 5.98. The summed E-state index contributed by atoms with van der Waals surface area (Å²) in [6, 6.07) is 4.20. The summed E-state index contributed by atoms with van der Waals surface area (Å²) in [5.41, 5.74) is 5.14. The van der Waals surface area contributed by atoms with Crippen LogP contribution in [0, 0.1) is 6.92 Å². The molecule has 6 nitrogen and oxygen atoms in total. The Bertz CT molecular complexity index is 851. The van der Waals surface area contributed by atoms with E-state index in [1.54, 1.807) is 0 Å². The molecule has 0 atom stereocenters. The SMILES string of the molecule is CC.CCc1ccc(-c2c(C)nc3c(N4CCOCC4)nccn23)cn1. The van der Waals surface area contributed by atoms with E-state index in [9.17, 15) is 0 Å². The molecule has 4 rings (SSSR count). The number of rotatable bonds is 3. The number of anilines is 1. The molecule has 138 valence electrons. The van der Waals surface area contributed by atoms with Gasteiger partial charge in [0.15, 0.2) is 11.5 Å². The van der Waals surface area contributed by atoms with Crippen molar-refractivity contribution in [2.45, 2.75) is 34.1 Å². The van der Waals surface area contributed by atoms with Gasteiger partial charge in [-0.25, -0.2) is 9.97 Å². The number of hydrogen-bond acceptors (Lipinski definition) is 5. The van der Waals surface area contributed by atoms with E-state index >= 15 is 0 Å². The molecule has 1 fully saturated rings. The van der Waals surface area contributed by atoms with E-state index in [1.807, 2.05) is 39.4 Å². The van der Waals surface area contributed by atoms with Crippen LogP contribution in [-0.2, 0) is 11.2 Å². The molecule has 4 heterocycles. The second kappa shape index (κ2) is 8.27. The first-order valence-corrected chi connectivity index (χ1v) is 9.39. The minimum Gasteiger partial charge on any atom is -0.378 e. The van der Waals surface area contributed by atoms with E-state index in [0.29, 0.717) is 0 Å². The van der Waals surface area contributed by atoms with E-state index in [-0.39, 0.29) is 0 Å². The molecule has 0 radical (unpaired) electrons. The maximum atomic E-state index is 5.45. The molecule has 1 aliphatic rings. The number of ether oxygens (including phenoxy) is 1. The summed E-state index contributed by atoms with van der Waals surface area (Å²) in [5, 5.41) is 0. The van der Waals surface area contributed by atoms with Crippen LogP contribution >= 0.6 is 0 Å². The summed E-state index contributed by atoms with van der Waals surface area (Å²) >= 11 is 0. The molecular formula is C20H27N5O. The molecule has 0 amide bonds. The van der Waals surface area contributed by atoms with Gasteiger partial charge in [0.1, 0.15) is 0 Å². The number of nitrogens with zero attached hydrogens (tertiary/aromatic N) is 5. The van der Waals surface area contributed by atoms with Crippen LogP contribution in [-0.4, -0.2) is 45.7 Å². The summed E-state index contributed by atoms with van der Waals surface area (Å²) in [7, 11) is 0. The average Bonchev–Trinajstić information content (AvgIpc) is 3.06. The van der Waals surface area contributed by atoms with Crippen molar-refractivity contribution in [2.75, 3.05) is 31.2 Å². The Morgan fingerprint density at radius 1 is 1.12 bits per heavy atom. The molecule has 0 N–H and O–H groups in total. The van der Waals surface area contributed by atoms with E-state index in [1.165, 1.54) is 0 Å². The van der Waals surface area contributed by atoms with Crippen molar-refractivity contribution in [3.63, 3.8) is 0 Å². The van der Waals surface area contributed by atoms with Crippen molar-refractivity contribution < 1.29 is 4.74 Å². The van der Waals surface area contributed by atoms with Gasteiger partial charge >= 0.3 is 0 Å². The second-order valence-corrected chi connectivity index (χ2v) is 5.98.